The van der Waals surface area contributed by atoms with E-state index in [9.17, 15) is 4.79 Å². The van der Waals surface area contributed by atoms with Gasteiger partial charge in [0.2, 0.25) is 0 Å². The summed E-state index contributed by atoms with van der Waals surface area (Å²) in [6, 6.07) is 19.5. The largest absolute Gasteiger partial charge is 0.497 e. The Hall–Kier alpha value is -3.81. The zero-order valence-electron chi connectivity index (χ0n) is 20.8. The molecular weight excluding hydrogens is 458 g/mol. The highest BCUT2D eigenvalue weighted by Crippen LogP contribution is 2.33. The van der Waals surface area contributed by atoms with E-state index in [-0.39, 0.29) is 18.5 Å². The average molecular weight is 490 g/mol. The number of methoxy groups -OCH3 is 2. The van der Waals surface area contributed by atoms with E-state index in [1.807, 2.05) is 36.4 Å². The summed E-state index contributed by atoms with van der Waals surface area (Å²) >= 11 is 0. The van der Waals surface area contributed by atoms with Crippen LogP contribution in [0, 0.1) is 0 Å². The zero-order valence-corrected chi connectivity index (χ0v) is 20.8. The van der Waals surface area contributed by atoms with Crippen molar-refractivity contribution < 1.29 is 28.2 Å². The van der Waals surface area contributed by atoms with Gasteiger partial charge in [0.25, 0.3) is 0 Å². The SMILES string of the molecule is COCC(C)OC(=O)Cc1ccc(OC)cc1OCc1cc(-c2cccc(CN)c2)c2occc2c1. The maximum atomic E-state index is 12.5. The number of fused-ring (bicyclic) bond motifs is 1. The van der Waals surface area contributed by atoms with Crippen molar-refractivity contribution in [3.63, 3.8) is 0 Å². The molecular formula is C29H31NO6. The lowest BCUT2D eigenvalue weighted by Gasteiger charge is -2.15. The van der Waals surface area contributed by atoms with Gasteiger partial charge in [-0.05, 0) is 53.9 Å². The first-order valence-corrected chi connectivity index (χ1v) is 11.8. The minimum atomic E-state index is -0.351. The Kier molecular flexibility index (Phi) is 8.25. The molecule has 0 aliphatic rings. The second-order valence-electron chi connectivity index (χ2n) is 8.58. The molecule has 0 saturated heterocycles. The van der Waals surface area contributed by atoms with Crippen LogP contribution in [0.3, 0.4) is 0 Å². The molecule has 4 rings (SSSR count). The van der Waals surface area contributed by atoms with Gasteiger partial charge in [-0.3, -0.25) is 4.79 Å². The Morgan fingerprint density at radius 1 is 1.03 bits per heavy atom. The van der Waals surface area contributed by atoms with Crippen molar-refractivity contribution in [2.75, 3.05) is 20.8 Å². The number of furan rings is 1. The minimum Gasteiger partial charge on any atom is -0.497 e. The Morgan fingerprint density at radius 3 is 2.67 bits per heavy atom. The van der Waals surface area contributed by atoms with E-state index in [1.165, 1.54) is 0 Å². The summed E-state index contributed by atoms with van der Waals surface area (Å²) in [4.78, 5) is 12.5. The number of rotatable bonds is 11. The second kappa shape index (κ2) is 11.7. The van der Waals surface area contributed by atoms with Crippen molar-refractivity contribution in [3.8, 4) is 22.6 Å². The second-order valence-corrected chi connectivity index (χ2v) is 8.58. The maximum absolute atomic E-state index is 12.5. The van der Waals surface area contributed by atoms with Crippen LogP contribution in [0.15, 0.2) is 71.3 Å². The standard InChI is InChI=1S/C29H31NO6/c1-19(17-32-2)36-28(31)14-23-7-8-25(33-3)15-27(23)35-18-21-12-24-9-10-34-29(24)26(13-21)22-6-4-5-20(11-22)16-30/h4-13,15,19H,14,16-18,30H2,1-3H3. The Morgan fingerprint density at radius 2 is 1.89 bits per heavy atom. The van der Waals surface area contributed by atoms with E-state index in [4.69, 9.17) is 29.1 Å². The highest BCUT2D eigenvalue weighted by atomic mass is 16.6. The molecule has 1 atom stereocenters. The van der Waals surface area contributed by atoms with Crippen molar-refractivity contribution >= 4 is 16.9 Å². The molecule has 0 amide bonds. The number of nitrogens with two attached hydrogens (primary N) is 1. The lowest BCUT2D eigenvalue weighted by molar-refractivity contribution is -0.149. The van der Waals surface area contributed by atoms with Crippen LogP contribution >= 0.6 is 0 Å². The third-order valence-electron chi connectivity index (χ3n) is 5.82. The Bertz CT molecular complexity index is 1330. The van der Waals surface area contributed by atoms with Gasteiger partial charge in [-0.15, -0.1) is 0 Å². The summed E-state index contributed by atoms with van der Waals surface area (Å²) in [5.74, 6) is 0.848. The Balaban J connectivity index is 1.59. The van der Waals surface area contributed by atoms with Crippen LogP contribution in [0.2, 0.25) is 0 Å². The normalized spacial score (nSPS) is 11.9. The molecule has 36 heavy (non-hydrogen) atoms. The Labute approximate surface area is 210 Å². The van der Waals surface area contributed by atoms with Crippen LogP contribution in [0.25, 0.3) is 22.1 Å². The molecule has 0 fully saturated rings. The first-order valence-electron chi connectivity index (χ1n) is 11.8. The van der Waals surface area contributed by atoms with Gasteiger partial charge in [0.1, 0.15) is 29.8 Å². The third-order valence-corrected chi connectivity index (χ3v) is 5.82. The molecule has 4 aromatic rings. The summed E-state index contributed by atoms with van der Waals surface area (Å²) in [7, 11) is 3.16. The van der Waals surface area contributed by atoms with Gasteiger partial charge < -0.3 is 29.1 Å². The third kappa shape index (κ3) is 6.05. The summed E-state index contributed by atoms with van der Waals surface area (Å²) in [5, 5.41) is 0.978. The number of carbonyl (C=O) groups excluding carboxylic acids is 1. The van der Waals surface area contributed by atoms with Gasteiger partial charge in [-0.2, -0.15) is 0 Å². The molecule has 1 heterocycles. The molecule has 1 aromatic heterocycles. The summed E-state index contributed by atoms with van der Waals surface area (Å²) in [6.45, 7) is 2.88. The molecule has 0 saturated carbocycles. The maximum Gasteiger partial charge on any atom is 0.310 e. The van der Waals surface area contributed by atoms with E-state index in [0.717, 1.165) is 33.2 Å². The predicted molar refractivity (Wildman–Crippen MR) is 138 cm³/mol. The number of hydrogen-bond donors (Lipinski definition) is 1. The molecule has 0 aliphatic carbocycles. The molecule has 0 aliphatic heterocycles. The van der Waals surface area contributed by atoms with Crippen molar-refractivity contribution in [2.45, 2.75) is 32.6 Å². The van der Waals surface area contributed by atoms with Gasteiger partial charge in [0.05, 0.1) is 26.4 Å². The molecule has 3 aromatic carbocycles. The van der Waals surface area contributed by atoms with Gasteiger partial charge in [0.15, 0.2) is 0 Å². The lowest BCUT2D eigenvalue weighted by atomic mass is 9.99. The fourth-order valence-electron chi connectivity index (χ4n) is 4.10. The fourth-order valence-corrected chi connectivity index (χ4v) is 4.10. The van der Waals surface area contributed by atoms with Gasteiger partial charge >= 0.3 is 5.97 Å². The first-order chi connectivity index (χ1) is 17.5. The van der Waals surface area contributed by atoms with Crippen molar-refractivity contribution in [2.24, 2.45) is 5.73 Å². The molecule has 0 spiro atoms. The van der Waals surface area contributed by atoms with E-state index in [0.29, 0.717) is 36.8 Å². The molecule has 0 bridgehead atoms. The van der Waals surface area contributed by atoms with Gasteiger partial charge in [-0.25, -0.2) is 0 Å². The smallest absolute Gasteiger partial charge is 0.310 e. The summed E-state index contributed by atoms with van der Waals surface area (Å²) < 4.78 is 27.8. The van der Waals surface area contributed by atoms with Crippen LogP contribution in [0.4, 0.5) is 0 Å². The topological polar surface area (TPSA) is 93.2 Å². The van der Waals surface area contributed by atoms with Crippen molar-refractivity contribution in [1.82, 2.24) is 0 Å². The van der Waals surface area contributed by atoms with Gasteiger partial charge in [-0.1, -0.05) is 24.3 Å². The molecule has 188 valence electrons. The molecule has 0 radical (unpaired) electrons. The highest BCUT2D eigenvalue weighted by molar-refractivity contribution is 5.93. The molecule has 7 nitrogen and oxygen atoms in total. The van der Waals surface area contributed by atoms with Crippen LogP contribution in [-0.4, -0.2) is 32.9 Å². The highest BCUT2D eigenvalue weighted by Gasteiger charge is 2.16. The van der Waals surface area contributed by atoms with Crippen LogP contribution in [0.5, 0.6) is 11.5 Å². The minimum absolute atomic E-state index is 0.0747. The van der Waals surface area contributed by atoms with Crippen LogP contribution < -0.4 is 15.2 Å². The number of ether oxygens (including phenoxy) is 4. The van der Waals surface area contributed by atoms with Crippen molar-refractivity contribution in [3.05, 3.63) is 83.6 Å². The molecule has 7 heteroatoms. The van der Waals surface area contributed by atoms with E-state index in [2.05, 4.69) is 12.1 Å². The van der Waals surface area contributed by atoms with E-state index >= 15 is 0 Å². The van der Waals surface area contributed by atoms with E-state index in [1.54, 1.807) is 39.5 Å². The average Bonchev–Trinajstić information content (AvgIpc) is 3.36. The number of benzene rings is 3. The number of carbonyl (C=O) groups is 1. The summed E-state index contributed by atoms with van der Waals surface area (Å²) in [6.07, 6.45) is 1.43. The monoisotopic (exact) mass is 489 g/mol. The van der Waals surface area contributed by atoms with Crippen LogP contribution in [-0.2, 0) is 33.8 Å². The first kappa shape index (κ1) is 25.3. The molecule has 2 N–H and O–H groups in total. The number of hydrogen-bond acceptors (Lipinski definition) is 7. The number of esters is 1. The van der Waals surface area contributed by atoms with Crippen LogP contribution in [0.1, 0.15) is 23.6 Å². The quantitative estimate of drug-likeness (QED) is 0.287. The van der Waals surface area contributed by atoms with Crippen molar-refractivity contribution in [1.29, 1.82) is 0 Å². The summed E-state index contributed by atoms with van der Waals surface area (Å²) in [5.41, 5.74) is 11.4. The fraction of sp³-hybridized carbons (Fsp3) is 0.276. The predicted octanol–water partition coefficient (Wildman–Crippen LogP) is 5.27. The lowest BCUT2D eigenvalue weighted by Crippen LogP contribution is -2.21. The van der Waals surface area contributed by atoms with E-state index < -0.39 is 0 Å². The van der Waals surface area contributed by atoms with Gasteiger partial charge in [0, 0.05) is 36.2 Å². The zero-order chi connectivity index (χ0) is 25.5. The molecule has 1 unspecified atom stereocenters.